The molecule has 4 nitrogen and oxygen atoms in total. The number of benzene rings is 1. The van der Waals surface area contributed by atoms with Crippen LogP contribution in [0.4, 0.5) is 5.69 Å². The molecule has 0 unspecified atom stereocenters. The Balaban J connectivity index is 0.00000180. The van der Waals surface area contributed by atoms with Gasteiger partial charge in [-0.15, -0.1) is 12.4 Å². The number of amides is 1. The zero-order valence-corrected chi connectivity index (χ0v) is 12.2. The number of aryl methyl sites for hydroxylation is 1. The third-order valence-electron chi connectivity index (χ3n) is 3.32. The Kier molecular flexibility index (Phi) is 6.12. The van der Waals surface area contributed by atoms with E-state index in [9.17, 15) is 4.79 Å². The van der Waals surface area contributed by atoms with Crippen molar-refractivity contribution in [3.63, 3.8) is 0 Å². The molecule has 2 rings (SSSR count). The van der Waals surface area contributed by atoms with E-state index in [0.29, 0.717) is 0 Å². The fourth-order valence-corrected chi connectivity index (χ4v) is 2.20. The van der Waals surface area contributed by atoms with Crippen LogP contribution in [0.15, 0.2) is 18.2 Å². The van der Waals surface area contributed by atoms with E-state index < -0.39 is 0 Å². The highest BCUT2D eigenvalue weighted by atomic mass is 35.5. The summed E-state index contributed by atoms with van der Waals surface area (Å²) in [7, 11) is 1.64. The second-order valence-electron chi connectivity index (χ2n) is 4.67. The first-order valence-corrected chi connectivity index (χ1v) is 6.39. The number of hydrogen-bond donors (Lipinski definition) is 2. The summed E-state index contributed by atoms with van der Waals surface area (Å²) < 4.78 is 5.15. The molecule has 1 heterocycles. The minimum absolute atomic E-state index is 0. The van der Waals surface area contributed by atoms with Crippen LogP contribution in [0, 0.1) is 6.92 Å². The SMILES string of the molecule is COc1ccc(NC(=O)[C@H]2CCCCN2)c(C)c1.Cl. The maximum atomic E-state index is 12.1. The molecular weight excluding hydrogens is 264 g/mol. The molecule has 0 saturated carbocycles. The molecule has 19 heavy (non-hydrogen) atoms. The van der Waals surface area contributed by atoms with Crippen LogP contribution in [-0.4, -0.2) is 25.6 Å². The predicted molar refractivity (Wildman–Crippen MR) is 79.3 cm³/mol. The van der Waals surface area contributed by atoms with Crippen molar-refractivity contribution in [2.75, 3.05) is 19.0 Å². The number of carbonyl (C=O) groups excluding carboxylic acids is 1. The summed E-state index contributed by atoms with van der Waals surface area (Å²) in [6.07, 6.45) is 3.19. The van der Waals surface area contributed by atoms with Gasteiger partial charge in [-0.25, -0.2) is 0 Å². The highest BCUT2D eigenvalue weighted by Gasteiger charge is 2.20. The number of hydrogen-bond acceptors (Lipinski definition) is 3. The zero-order chi connectivity index (χ0) is 13.0. The zero-order valence-electron chi connectivity index (χ0n) is 11.4. The average molecular weight is 285 g/mol. The molecule has 0 spiro atoms. The fraction of sp³-hybridized carbons (Fsp3) is 0.500. The van der Waals surface area contributed by atoms with E-state index in [1.54, 1.807) is 7.11 Å². The number of carbonyl (C=O) groups is 1. The summed E-state index contributed by atoms with van der Waals surface area (Å²) in [5.74, 6) is 0.865. The second kappa shape index (κ2) is 7.36. The highest BCUT2D eigenvalue weighted by Crippen LogP contribution is 2.21. The maximum Gasteiger partial charge on any atom is 0.241 e. The summed E-state index contributed by atoms with van der Waals surface area (Å²) in [6.45, 7) is 2.89. The number of rotatable bonds is 3. The van der Waals surface area contributed by atoms with Gasteiger partial charge in [-0.1, -0.05) is 6.42 Å². The van der Waals surface area contributed by atoms with Crippen molar-refractivity contribution >= 4 is 24.0 Å². The van der Waals surface area contributed by atoms with Gasteiger partial charge >= 0.3 is 0 Å². The van der Waals surface area contributed by atoms with Gasteiger partial charge in [0.1, 0.15) is 5.75 Å². The Morgan fingerprint density at radius 2 is 2.21 bits per heavy atom. The van der Waals surface area contributed by atoms with E-state index in [1.807, 2.05) is 25.1 Å². The largest absolute Gasteiger partial charge is 0.497 e. The molecule has 2 N–H and O–H groups in total. The topological polar surface area (TPSA) is 50.4 Å². The lowest BCUT2D eigenvalue weighted by atomic mass is 10.0. The van der Waals surface area contributed by atoms with E-state index in [-0.39, 0.29) is 24.4 Å². The molecule has 5 heteroatoms. The number of piperidine rings is 1. The maximum absolute atomic E-state index is 12.1. The standard InChI is InChI=1S/C14H20N2O2.ClH/c1-10-9-11(18-2)6-7-12(10)16-14(17)13-5-3-4-8-15-13;/h6-7,9,13,15H,3-5,8H2,1-2H3,(H,16,17);1H/t13-;/m1./s1. The van der Waals surface area contributed by atoms with Crippen LogP contribution < -0.4 is 15.4 Å². The Hall–Kier alpha value is -1.26. The third kappa shape index (κ3) is 4.11. The Bertz CT molecular complexity index is 431. The summed E-state index contributed by atoms with van der Waals surface area (Å²) in [5.41, 5.74) is 1.87. The Morgan fingerprint density at radius 3 is 2.79 bits per heavy atom. The second-order valence-corrected chi connectivity index (χ2v) is 4.67. The number of halogens is 1. The van der Waals surface area contributed by atoms with E-state index in [0.717, 1.165) is 42.8 Å². The lowest BCUT2D eigenvalue weighted by molar-refractivity contribution is -0.118. The van der Waals surface area contributed by atoms with Gasteiger partial charge in [-0.3, -0.25) is 4.79 Å². The van der Waals surface area contributed by atoms with E-state index >= 15 is 0 Å². The lowest BCUT2D eigenvalue weighted by Crippen LogP contribution is -2.43. The van der Waals surface area contributed by atoms with Gasteiger partial charge in [0.2, 0.25) is 5.91 Å². The van der Waals surface area contributed by atoms with Gasteiger partial charge in [-0.05, 0) is 50.1 Å². The molecule has 1 aliphatic heterocycles. The molecule has 0 bridgehead atoms. The summed E-state index contributed by atoms with van der Waals surface area (Å²) in [5, 5.41) is 6.22. The summed E-state index contributed by atoms with van der Waals surface area (Å²) in [6, 6.07) is 5.61. The molecule has 1 aromatic rings. The van der Waals surface area contributed by atoms with Crippen molar-refractivity contribution in [3.05, 3.63) is 23.8 Å². The van der Waals surface area contributed by atoms with Crippen LogP contribution in [0.3, 0.4) is 0 Å². The molecule has 0 aliphatic carbocycles. The van der Waals surface area contributed by atoms with Crippen molar-refractivity contribution < 1.29 is 9.53 Å². The Morgan fingerprint density at radius 1 is 1.42 bits per heavy atom. The number of ether oxygens (including phenoxy) is 1. The first-order valence-electron chi connectivity index (χ1n) is 6.39. The van der Waals surface area contributed by atoms with Gasteiger partial charge < -0.3 is 15.4 Å². The van der Waals surface area contributed by atoms with Crippen molar-refractivity contribution in [2.24, 2.45) is 0 Å². The number of nitrogens with one attached hydrogen (secondary N) is 2. The summed E-state index contributed by atoms with van der Waals surface area (Å²) >= 11 is 0. The van der Waals surface area contributed by atoms with E-state index in [4.69, 9.17) is 4.74 Å². The van der Waals surface area contributed by atoms with Crippen LogP contribution in [0.1, 0.15) is 24.8 Å². The van der Waals surface area contributed by atoms with Crippen molar-refractivity contribution in [1.82, 2.24) is 5.32 Å². The smallest absolute Gasteiger partial charge is 0.241 e. The van der Waals surface area contributed by atoms with Gasteiger partial charge in [0.15, 0.2) is 0 Å². The fourth-order valence-electron chi connectivity index (χ4n) is 2.20. The number of anilines is 1. The van der Waals surface area contributed by atoms with Gasteiger partial charge in [-0.2, -0.15) is 0 Å². The molecule has 0 aromatic heterocycles. The van der Waals surface area contributed by atoms with Crippen LogP contribution in [0.25, 0.3) is 0 Å². The molecule has 1 fully saturated rings. The predicted octanol–water partition coefficient (Wildman–Crippen LogP) is 2.51. The van der Waals surface area contributed by atoms with Gasteiger partial charge in [0.05, 0.1) is 13.2 Å². The first kappa shape index (κ1) is 15.8. The van der Waals surface area contributed by atoms with Crippen LogP contribution >= 0.6 is 12.4 Å². The average Bonchev–Trinajstić information content (AvgIpc) is 2.42. The van der Waals surface area contributed by atoms with Crippen molar-refractivity contribution in [2.45, 2.75) is 32.2 Å². The molecule has 0 radical (unpaired) electrons. The Labute approximate surface area is 120 Å². The van der Waals surface area contributed by atoms with Gasteiger partial charge in [0.25, 0.3) is 0 Å². The molecule has 1 aromatic carbocycles. The van der Waals surface area contributed by atoms with E-state index in [2.05, 4.69) is 10.6 Å². The molecule has 1 saturated heterocycles. The molecule has 1 atom stereocenters. The monoisotopic (exact) mass is 284 g/mol. The third-order valence-corrected chi connectivity index (χ3v) is 3.32. The normalized spacial score (nSPS) is 18.3. The highest BCUT2D eigenvalue weighted by molar-refractivity contribution is 5.95. The minimum atomic E-state index is -0.0553. The van der Waals surface area contributed by atoms with Gasteiger partial charge in [0, 0.05) is 5.69 Å². The van der Waals surface area contributed by atoms with E-state index in [1.165, 1.54) is 0 Å². The van der Waals surface area contributed by atoms with Crippen molar-refractivity contribution in [1.29, 1.82) is 0 Å². The first-order chi connectivity index (χ1) is 8.70. The van der Waals surface area contributed by atoms with Crippen LogP contribution in [-0.2, 0) is 4.79 Å². The minimum Gasteiger partial charge on any atom is -0.497 e. The molecule has 106 valence electrons. The summed E-state index contributed by atoms with van der Waals surface area (Å²) in [4.78, 5) is 12.1. The van der Waals surface area contributed by atoms with Crippen LogP contribution in [0.2, 0.25) is 0 Å². The molecule has 1 aliphatic rings. The van der Waals surface area contributed by atoms with Crippen LogP contribution in [0.5, 0.6) is 5.75 Å². The van der Waals surface area contributed by atoms with Crippen molar-refractivity contribution in [3.8, 4) is 5.75 Å². The number of methoxy groups -OCH3 is 1. The quantitative estimate of drug-likeness (QED) is 0.897. The lowest BCUT2D eigenvalue weighted by Gasteiger charge is -2.23. The molecule has 1 amide bonds. The molecular formula is C14H21ClN2O2.